The van der Waals surface area contributed by atoms with Crippen LogP contribution in [0.3, 0.4) is 0 Å². The van der Waals surface area contributed by atoms with Crippen LogP contribution in [0.25, 0.3) is 0 Å². The molecule has 0 aliphatic carbocycles. The van der Waals surface area contributed by atoms with Crippen LogP contribution in [0.15, 0.2) is 0 Å². The average molecular weight is 103 g/mol. The number of Topliss-reactive ketones (excluding diaryl/α,β-unsaturated/α-hetero) is 1. The molecule has 0 fully saturated rings. The van der Waals surface area contributed by atoms with Gasteiger partial charge in [0.1, 0.15) is 12.2 Å². The van der Waals surface area contributed by atoms with E-state index in [0.29, 0.717) is 0 Å². The molecule has 1 atom stereocenters. The summed E-state index contributed by atoms with van der Waals surface area (Å²) in [6.45, 7) is 1.08. The summed E-state index contributed by atoms with van der Waals surface area (Å²) in [6.07, 6.45) is -1.60. The van der Waals surface area contributed by atoms with Crippen molar-refractivity contribution in [3.05, 3.63) is 0 Å². The highest BCUT2D eigenvalue weighted by atomic mass is 16.4. The molecule has 0 aliphatic rings. The molecular formula is C4H6O3. The average Bonchev–Trinajstić information content (AvgIpc) is 1.64. The Labute approximate surface area is 42.4 Å². The zero-order valence-electron chi connectivity index (χ0n) is 4.84. The van der Waals surface area contributed by atoms with Crippen molar-refractivity contribution in [1.82, 2.24) is 0 Å². The van der Waals surface area contributed by atoms with E-state index in [1.165, 1.54) is 0 Å². The molecule has 3 heteroatoms. The van der Waals surface area contributed by atoms with E-state index in [0.717, 1.165) is 6.92 Å². The molecule has 0 aliphatic heterocycles. The molecule has 0 amide bonds. The van der Waals surface area contributed by atoms with E-state index >= 15 is 0 Å². The Morgan fingerprint density at radius 2 is 2.29 bits per heavy atom. The number of hydrogen-bond acceptors (Lipinski definition) is 2. The van der Waals surface area contributed by atoms with Gasteiger partial charge in [-0.2, -0.15) is 0 Å². The molecule has 0 saturated heterocycles. The predicted octanol–water partition coefficient (Wildman–Crippen LogP) is 0.0501. The zero-order valence-corrected chi connectivity index (χ0v) is 3.84. The van der Waals surface area contributed by atoms with Crippen LogP contribution < -0.4 is 0 Å². The molecule has 0 rings (SSSR count). The second-order valence-corrected chi connectivity index (χ2v) is 1.09. The van der Waals surface area contributed by atoms with E-state index in [1.807, 2.05) is 0 Å². The maximum atomic E-state index is 10.0. The first kappa shape index (κ1) is 4.30. The fourth-order valence-corrected chi connectivity index (χ4v) is 0.174. The van der Waals surface area contributed by atoms with Gasteiger partial charge in [-0.3, -0.25) is 9.59 Å². The van der Waals surface area contributed by atoms with Crippen molar-refractivity contribution in [2.24, 2.45) is 0 Å². The number of aliphatic carboxylic acids is 1. The van der Waals surface area contributed by atoms with Gasteiger partial charge in [0.05, 0.1) is 0 Å². The molecule has 7 heavy (non-hydrogen) atoms. The van der Waals surface area contributed by atoms with Gasteiger partial charge in [-0.05, 0) is 6.92 Å². The van der Waals surface area contributed by atoms with E-state index in [4.69, 9.17) is 6.48 Å². The molecule has 0 aromatic rings. The predicted molar refractivity (Wildman–Crippen MR) is 22.9 cm³/mol. The monoisotopic (exact) mass is 103 g/mol. The molecule has 0 radical (unpaired) electrons. The van der Waals surface area contributed by atoms with Crippen LogP contribution >= 0.6 is 0 Å². The molecule has 1 unspecified atom stereocenters. The minimum atomic E-state index is -1.60. The van der Waals surface area contributed by atoms with Crippen LogP contribution in [-0.2, 0) is 9.59 Å². The van der Waals surface area contributed by atoms with E-state index < -0.39 is 18.1 Å². The van der Waals surface area contributed by atoms with Crippen LogP contribution in [0, 0.1) is 0 Å². The van der Waals surface area contributed by atoms with Gasteiger partial charge in [0.15, 0.2) is 0 Å². The Morgan fingerprint density at radius 3 is 2.29 bits per heavy atom. The summed E-state index contributed by atoms with van der Waals surface area (Å²) in [5.41, 5.74) is 0. The van der Waals surface area contributed by atoms with Crippen LogP contribution in [-0.4, -0.2) is 16.9 Å². The number of hydrogen-bond donors (Lipinski definition) is 1. The first-order valence-electron chi connectivity index (χ1n) is 2.29. The second-order valence-electron chi connectivity index (χ2n) is 1.09. The first-order valence-corrected chi connectivity index (χ1v) is 1.71. The van der Waals surface area contributed by atoms with Gasteiger partial charge in [0.2, 0.25) is 0 Å². The Bertz CT molecular complexity index is 106. The van der Waals surface area contributed by atoms with Crippen LogP contribution in [0.1, 0.15) is 14.7 Å². The summed E-state index contributed by atoms with van der Waals surface area (Å²) in [6, 6.07) is 0. The normalized spacial score (nSPS) is 14.7. The number of carboxylic acid groups (broad SMARTS) is 1. The molecule has 40 valence electrons. The van der Waals surface area contributed by atoms with E-state index in [-0.39, 0.29) is 0 Å². The molecule has 3 nitrogen and oxygen atoms in total. The number of carbonyl (C=O) groups is 2. The van der Waals surface area contributed by atoms with E-state index in [1.54, 1.807) is 0 Å². The van der Waals surface area contributed by atoms with Crippen molar-refractivity contribution < 1.29 is 16.1 Å². The summed E-state index contributed by atoms with van der Waals surface area (Å²) in [7, 11) is 0. The quantitative estimate of drug-likeness (QED) is 0.502. The highest BCUT2D eigenvalue weighted by Crippen LogP contribution is 1.77. The summed E-state index contributed by atoms with van der Waals surface area (Å²) < 4.78 is 6.53. The third kappa shape index (κ3) is 5.14. The molecule has 0 spiro atoms. The third-order valence-corrected chi connectivity index (χ3v) is 0.327. The van der Waals surface area contributed by atoms with Crippen molar-refractivity contribution in [3.63, 3.8) is 0 Å². The Balaban J connectivity index is 3.83. The highest BCUT2D eigenvalue weighted by Gasteiger charge is 1.98. The fourth-order valence-electron chi connectivity index (χ4n) is 0.174. The fraction of sp³-hybridized carbons (Fsp3) is 0.500. The van der Waals surface area contributed by atoms with Crippen molar-refractivity contribution >= 4 is 11.8 Å². The lowest BCUT2D eigenvalue weighted by Gasteiger charge is -1.80. The van der Waals surface area contributed by atoms with Gasteiger partial charge < -0.3 is 5.11 Å². The molecule has 0 heterocycles. The van der Waals surface area contributed by atoms with Crippen LogP contribution in [0.2, 0.25) is 0 Å². The lowest BCUT2D eigenvalue weighted by Crippen LogP contribution is -2.00. The third-order valence-electron chi connectivity index (χ3n) is 0.327. The second kappa shape index (κ2) is 2.34. The zero-order chi connectivity index (χ0) is 6.73. The van der Waals surface area contributed by atoms with E-state index in [9.17, 15) is 9.59 Å². The Morgan fingerprint density at radius 1 is 1.86 bits per heavy atom. The summed E-state index contributed by atoms with van der Waals surface area (Å²) >= 11 is 0. The lowest BCUT2D eigenvalue weighted by atomic mass is 10.3. The minimum Gasteiger partial charge on any atom is -0.481 e. The first-order chi connectivity index (χ1) is 3.55. The lowest BCUT2D eigenvalue weighted by molar-refractivity contribution is -0.139. The minimum absolute atomic E-state index is 0.641. The summed E-state index contributed by atoms with van der Waals surface area (Å²) in [5, 5.41) is 7.94. The summed E-state index contributed by atoms with van der Waals surface area (Å²) in [5.74, 6) is -2.03. The number of ketones is 1. The van der Waals surface area contributed by atoms with Crippen molar-refractivity contribution in [2.45, 2.75) is 13.3 Å². The molecule has 1 N–H and O–H groups in total. The maximum Gasteiger partial charge on any atom is 0.310 e. The topological polar surface area (TPSA) is 54.4 Å². The van der Waals surface area contributed by atoms with Crippen LogP contribution in [0.5, 0.6) is 0 Å². The standard InChI is InChI=1S/C4H6O3/c1-3(5)2-4(6)7/h2H2,1H3,(H,6,7)/i2D. The number of carboxylic acids is 1. The molecule has 0 saturated carbocycles. The van der Waals surface area contributed by atoms with Crippen molar-refractivity contribution in [2.75, 3.05) is 0 Å². The van der Waals surface area contributed by atoms with Gasteiger partial charge in [0.25, 0.3) is 0 Å². The Kier molecular flexibility index (Phi) is 1.44. The largest absolute Gasteiger partial charge is 0.481 e. The van der Waals surface area contributed by atoms with Gasteiger partial charge >= 0.3 is 5.97 Å². The SMILES string of the molecule is [2H]C(C(C)=O)C(=O)O. The van der Waals surface area contributed by atoms with Crippen molar-refractivity contribution in [3.8, 4) is 0 Å². The van der Waals surface area contributed by atoms with Gasteiger partial charge in [-0.25, -0.2) is 0 Å². The number of rotatable bonds is 2. The molecule has 0 aromatic carbocycles. The van der Waals surface area contributed by atoms with Gasteiger partial charge in [-0.1, -0.05) is 0 Å². The molecule has 0 bridgehead atoms. The van der Waals surface area contributed by atoms with Crippen LogP contribution in [0.4, 0.5) is 0 Å². The maximum absolute atomic E-state index is 10.0. The summed E-state index contributed by atoms with van der Waals surface area (Å²) in [4.78, 5) is 19.7. The smallest absolute Gasteiger partial charge is 0.310 e. The van der Waals surface area contributed by atoms with E-state index in [2.05, 4.69) is 0 Å². The van der Waals surface area contributed by atoms with Gasteiger partial charge in [-0.15, -0.1) is 0 Å². The Hall–Kier alpha value is -0.860. The molecular weight excluding hydrogens is 96.0 g/mol. The highest BCUT2D eigenvalue weighted by molar-refractivity contribution is 5.93. The van der Waals surface area contributed by atoms with Crippen molar-refractivity contribution in [1.29, 1.82) is 0 Å². The van der Waals surface area contributed by atoms with Gasteiger partial charge in [0, 0.05) is 1.37 Å². The number of carbonyl (C=O) groups excluding carboxylic acids is 1. The molecule has 0 aromatic heterocycles.